The highest BCUT2D eigenvalue weighted by atomic mass is 79.9. The maximum atomic E-state index is 3.68. The van der Waals surface area contributed by atoms with Crippen LogP contribution in [0.1, 0.15) is 52.4 Å². The Hall–Kier alpha value is 0.480. The molecule has 1 rings (SSSR count). The topological polar surface area (TPSA) is 0 Å². The average Bonchev–Trinajstić information content (AvgIpc) is 2.33. The first kappa shape index (κ1) is 11.6. The van der Waals surface area contributed by atoms with Gasteiger partial charge in [0, 0.05) is 5.33 Å². The Kier molecular flexibility index (Phi) is 5.38. The maximum absolute atomic E-state index is 3.68. The first-order valence-corrected chi connectivity index (χ1v) is 6.93. The predicted octanol–water partition coefficient (Wildman–Crippen LogP) is 4.62. The molecule has 0 nitrogen and oxygen atoms in total. The zero-order chi connectivity index (χ0) is 9.68. The number of alkyl halides is 1. The first-order chi connectivity index (χ1) is 6.25. The molecule has 0 aromatic rings. The first-order valence-electron chi connectivity index (χ1n) is 5.81. The van der Waals surface area contributed by atoms with Crippen molar-refractivity contribution in [2.45, 2.75) is 52.4 Å². The molecule has 0 aromatic carbocycles. The Bertz CT molecular complexity index is 123. The monoisotopic (exact) mass is 246 g/mol. The Balaban J connectivity index is 2.45. The van der Waals surface area contributed by atoms with E-state index in [4.69, 9.17) is 0 Å². The minimum absolute atomic E-state index is 0.850. The van der Waals surface area contributed by atoms with E-state index in [1.54, 1.807) is 0 Å². The van der Waals surface area contributed by atoms with E-state index < -0.39 is 0 Å². The third kappa shape index (κ3) is 3.61. The summed E-state index contributed by atoms with van der Waals surface area (Å²) in [6.45, 7) is 4.74. The van der Waals surface area contributed by atoms with Crippen molar-refractivity contribution in [3.63, 3.8) is 0 Å². The highest BCUT2D eigenvalue weighted by Gasteiger charge is 2.23. The van der Waals surface area contributed by atoms with Crippen molar-refractivity contribution >= 4 is 15.9 Å². The molecule has 0 spiro atoms. The Labute approximate surface area is 91.6 Å². The molecule has 1 fully saturated rings. The molecule has 0 bridgehead atoms. The van der Waals surface area contributed by atoms with Crippen LogP contribution >= 0.6 is 15.9 Å². The van der Waals surface area contributed by atoms with Gasteiger partial charge in [-0.05, 0) is 17.8 Å². The van der Waals surface area contributed by atoms with E-state index in [0.29, 0.717) is 0 Å². The second kappa shape index (κ2) is 6.06. The smallest absolute Gasteiger partial charge is 0.00647 e. The fourth-order valence-corrected chi connectivity index (χ4v) is 3.86. The van der Waals surface area contributed by atoms with E-state index in [9.17, 15) is 0 Å². The van der Waals surface area contributed by atoms with Crippen LogP contribution in [0.4, 0.5) is 0 Å². The molecular formula is C12H23Br. The molecule has 0 aliphatic heterocycles. The molecule has 0 radical (unpaired) electrons. The van der Waals surface area contributed by atoms with E-state index >= 15 is 0 Å². The Morgan fingerprint density at radius 2 is 1.62 bits per heavy atom. The minimum Gasteiger partial charge on any atom is -0.0925 e. The summed E-state index contributed by atoms with van der Waals surface area (Å²) in [4.78, 5) is 0. The van der Waals surface area contributed by atoms with Gasteiger partial charge in [0.25, 0.3) is 0 Å². The molecule has 1 aliphatic carbocycles. The van der Waals surface area contributed by atoms with Gasteiger partial charge in [0.2, 0.25) is 0 Å². The summed E-state index contributed by atoms with van der Waals surface area (Å²) >= 11 is 3.68. The largest absolute Gasteiger partial charge is 0.0925 e. The summed E-state index contributed by atoms with van der Waals surface area (Å²) in [6, 6.07) is 0. The Morgan fingerprint density at radius 1 is 1.08 bits per heavy atom. The maximum Gasteiger partial charge on any atom is 0.00647 e. The van der Waals surface area contributed by atoms with Crippen LogP contribution in [0.25, 0.3) is 0 Å². The average molecular weight is 247 g/mol. The summed E-state index contributed by atoms with van der Waals surface area (Å²) in [5.41, 5.74) is 0. The van der Waals surface area contributed by atoms with E-state index in [0.717, 1.165) is 17.8 Å². The lowest BCUT2D eigenvalue weighted by molar-refractivity contribution is 0.258. The van der Waals surface area contributed by atoms with E-state index in [-0.39, 0.29) is 0 Å². The highest BCUT2D eigenvalue weighted by molar-refractivity contribution is 9.09. The molecule has 0 saturated heterocycles. The van der Waals surface area contributed by atoms with Gasteiger partial charge in [-0.1, -0.05) is 68.3 Å². The van der Waals surface area contributed by atoms with Crippen molar-refractivity contribution < 1.29 is 0 Å². The zero-order valence-electron chi connectivity index (χ0n) is 9.06. The van der Waals surface area contributed by atoms with Crippen LogP contribution in [0, 0.1) is 17.8 Å². The SMILES string of the molecule is CC(C)C(CBr)C1CCCCCC1. The molecular weight excluding hydrogens is 224 g/mol. The van der Waals surface area contributed by atoms with Crippen molar-refractivity contribution in [1.82, 2.24) is 0 Å². The van der Waals surface area contributed by atoms with Crippen LogP contribution in [0.5, 0.6) is 0 Å². The summed E-state index contributed by atoms with van der Waals surface area (Å²) in [6.07, 6.45) is 8.86. The standard InChI is InChI=1S/C12H23Br/c1-10(2)12(9-13)11-7-5-3-4-6-8-11/h10-12H,3-9H2,1-2H3. The second-order valence-corrected chi connectivity index (χ2v) is 5.46. The lowest BCUT2D eigenvalue weighted by Gasteiger charge is -2.27. The molecule has 78 valence electrons. The summed E-state index contributed by atoms with van der Waals surface area (Å²) in [7, 11) is 0. The summed E-state index contributed by atoms with van der Waals surface area (Å²) in [5, 5.41) is 1.20. The predicted molar refractivity (Wildman–Crippen MR) is 63.3 cm³/mol. The van der Waals surface area contributed by atoms with Crippen LogP contribution < -0.4 is 0 Å². The lowest BCUT2D eigenvalue weighted by atomic mass is 9.80. The Morgan fingerprint density at radius 3 is 2.00 bits per heavy atom. The highest BCUT2D eigenvalue weighted by Crippen LogP contribution is 2.33. The summed E-state index contributed by atoms with van der Waals surface area (Å²) in [5.74, 6) is 2.77. The van der Waals surface area contributed by atoms with Gasteiger partial charge in [-0.25, -0.2) is 0 Å². The fraction of sp³-hybridized carbons (Fsp3) is 1.00. The fourth-order valence-electron chi connectivity index (χ4n) is 2.59. The number of hydrogen-bond donors (Lipinski definition) is 0. The van der Waals surface area contributed by atoms with Gasteiger partial charge in [-0.15, -0.1) is 0 Å². The number of hydrogen-bond acceptors (Lipinski definition) is 0. The van der Waals surface area contributed by atoms with Crippen LogP contribution in [0.15, 0.2) is 0 Å². The van der Waals surface area contributed by atoms with E-state index in [1.807, 2.05) is 0 Å². The normalized spacial score (nSPS) is 23.1. The van der Waals surface area contributed by atoms with Gasteiger partial charge in [-0.2, -0.15) is 0 Å². The molecule has 0 N–H and O–H groups in total. The van der Waals surface area contributed by atoms with Gasteiger partial charge in [0.1, 0.15) is 0 Å². The molecule has 1 atom stereocenters. The van der Waals surface area contributed by atoms with E-state index in [1.165, 1.54) is 43.9 Å². The zero-order valence-corrected chi connectivity index (χ0v) is 10.6. The van der Waals surface area contributed by atoms with Gasteiger partial charge < -0.3 is 0 Å². The van der Waals surface area contributed by atoms with Gasteiger partial charge in [0.15, 0.2) is 0 Å². The van der Waals surface area contributed by atoms with Crippen LogP contribution in [-0.2, 0) is 0 Å². The number of halogens is 1. The van der Waals surface area contributed by atoms with E-state index in [2.05, 4.69) is 29.8 Å². The van der Waals surface area contributed by atoms with Crippen LogP contribution in [0.2, 0.25) is 0 Å². The van der Waals surface area contributed by atoms with Crippen molar-refractivity contribution in [2.75, 3.05) is 5.33 Å². The molecule has 0 heterocycles. The molecule has 0 amide bonds. The van der Waals surface area contributed by atoms with Crippen LogP contribution in [0.3, 0.4) is 0 Å². The van der Waals surface area contributed by atoms with Gasteiger partial charge in [0.05, 0.1) is 0 Å². The lowest BCUT2D eigenvalue weighted by Crippen LogP contribution is -2.21. The number of rotatable bonds is 3. The second-order valence-electron chi connectivity index (χ2n) is 4.81. The molecule has 1 heteroatoms. The van der Waals surface area contributed by atoms with Crippen LogP contribution in [-0.4, -0.2) is 5.33 Å². The molecule has 0 aromatic heterocycles. The van der Waals surface area contributed by atoms with Gasteiger partial charge in [-0.3, -0.25) is 0 Å². The molecule has 1 aliphatic rings. The van der Waals surface area contributed by atoms with Gasteiger partial charge >= 0.3 is 0 Å². The molecule has 13 heavy (non-hydrogen) atoms. The quantitative estimate of drug-likeness (QED) is 0.504. The molecule has 1 saturated carbocycles. The third-order valence-corrected chi connectivity index (χ3v) is 4.29. The minimum atomic E-state index is 0.850. The third-order valence-electron chi connectivity index (χ3n) is 3.54. The summed E-state index contributed by atoms with van der Waals surface area (Å²) < 4.78 is 0. The van der Waals surface area contributed by atoms with Crippen molar-refractivity contribution in [1.29, 1.82) is 0 Å². The van der Waals surface area contributed by atoms with Crippen molar-refractivity contribution in [3.05, 3.63) is 0 Å². The van der Waals surface area contributed by atoms with Crippen molar-refractivity contribution in [3.8, 4) is 0 Å². The van der Waals surface area contributed by atoms with Crippen molar-refractivity contribution in [2.24, 2.45) is 17.8 Å². The molecule has 1 unspecified atom stereocenters.